The zero-order valence-electron chi connectivity index (χ0n) is 31.3. The van der Waals surface area contributed by atoms with Crippen LogP contribution >= 0.6 is 17.2 Å². The van der Waals surface area contributed by atoms with Gasteiger partial charge in [-0.3, -0.25) is 0 Å². The van der Waals surface area contributed by atoms with E-state index in [0.717, 1.165) is 54.5 Å². The zero-order valence-corrected chi connectivity index (χ0v) is 34.3. The maximum absolute atomic E-state index is 7.28. The minimum absolute atomic E-state index is 0.172. The normalized spacial score (nSPS) is 54.8. The first kappa shape index (κ1) is 32.8. The van der Waals surface area contributed by atoms with E-state index in [2.05, 4.69) is 74.8 Å². The summed E-state index contributed by atoms with van der Waals surface area (Å²) < 4.78 is 21.2. The van der Waals surface area contributed by atoms with Gasteiger partial charge in [0, 0.05) is 12.8 Å². The number of rotatable bonds is 7. The number of ether oxygens (including phenoxy) is 3. The van der Waals surface area contributed by atoms with Crippen molar-refractivity contribution in [2.24, 2.45) is 35.5 Å². The van der Waals surface area contributed by atoms with Crippen LogP contribution in [0.2, 0.25) is 19.6 Å². The summed E-state index contributed by atoms with van der Waals surface area (Å²) in [5.41, 5.74) is 2.42. The average molecular weight is 707 g/mol. The summed E-state index contributed by atoms with van der Waals surface area (Å²) >= 11 is 0. The molecule has 5 unspecified atom stereocenters. The largest absolute Gasteiger partial charge is 0.343 e. The Bertz CT molecular complexity index is 1370. The molecule has 13 rings (SSSR count). The van der Waals surface area contributed by atoms with Gasteiger partial charge in [-0.25, -0.2) is 0 Å². The molecule has 12 aliphatic rings. The third kappa shape index (κ3) is 4.35. The van der Waals surface area contributed by atoms with Crippen LogP contribution in [-0.4, -0.2) is 47.3 Å². The molecule has 0 N–H and O–H groups in total. The van der Waals surface area contributed by atoms with Crippen molar-refractivity contribution in [1.29, 1.82) is 0 Å². The molecule has 264 valence electrons. The predicted octanol–water partition coefficient (Wildman–Crippen LogP) is 10.1. The van der Waals surface area contributed by atoms with Gasteiger partial charge in [0.05, 0.1) is 24.7 Å². The van der Waals surface area contributed by atoms with Crippen LogP contribution in [0.5, 0.6) is 0 Å². The van der Waals surface area contributed by atoms with Crippen molar-refractivity contribution in [3.05, 3.63) is 29.3 Å². The Labute approximate surface area is 296 Å². The number of hydrogen-bond donors (Lipinski definition) is 0. The lowest BCUT2D eigenvalue weighted by atomic mass is 9.51. The molecular weight excluding hydrogens is 642 g/mol. The summed E-state index contributed by atoms with van der Waals surface area (Å²) in [6, 6.07) is 7.64. The van der Waals surface area contributed by atoms with Gasteiger partial charge in [-0.05, 0) is 174 Å². The van der Waals surface area contributed by atoms with Crippen LogP contribution in [-0.2, 0) is 25.8 Å². The smallest absolute Gasteiger partial charge is 0.172 e. The fourth-order valence-electron chi connectivity index (χ4n) is 16.7. The van der Waals surface area contributed by atoms with Crippen LogP contribution in [0.25, 0.3) is 0 Å². The second-order valence-corrected chi connectivity index (χ2v) is 30.0. The van der Waals surface area contributed by atoms with E-state index in [1.807, 2.05) is 0 Å². The average Bonchev–Trinajstić information content (AvgIpc) is 2.92. The highest BCUT2D eigenvalue weighted by atomic mass is 31.1. The summed E-state index contributed by atoms with van der Waals surface area (Å²) in [5, 5.41) is 2.98. The first-order chi connectivity index (χ1) is 22.5. The maximum Gasteiger partial charge on any atom is 0.172 e. The molecule has 1 aromatic rings. The molecule has 48 heavy (non-hydrogen) atoms. The molecule has 0 radical (unpaired) electrons. The van der Waals surface area contributed by atoms with E-state index in [1.165, 1.54) is 6.16 Å². The molecule has 12 fully saturated rings. The first-order valence-electron chi connectivity index (χ1n) is 20.2. The van der Waals surface area contributed by atoms with Crippen LogP contribution < -0.4 is 5.19 Å². The molecule has 4 aliphatic heterocycles. The van der Waals surface area contributed by atoms with Gasteiger partial charge < -0.3 is 14.2 Å². The topological polar surface area (TPSA) is 27.7 Å². The monoisotopic (exact) mass is 706 g/mol. The summed E-state index contributed by atoms with van der Waals surface area (Å²) in [7, 11) is 1.40. The fourth-order valence-corrected chi connectivity index (χ4v) is 24.8. The summed E-state index contributed by atoms with van der Waals surface area (Å²) in [4.78, 5) is 0. The van der Waals surface area contributed by atoms with Crippen molar-refractivity contribution in [1.82, 2.24) is 0 Å². The quantitative estimate of drug-likeness (QED) is 0.209. The van der Waals surface area contributed by atoms with Crippen molar-refractivity contribution in [3.63, 3.8) is 0 Å². The molecule has 1 aromatic carbocycles. The Morgan fingerprint density at radius 2 is 1.08 bits per heavy atom. The highest BCUT2D eigenvalue weighted by molar-refractivity contribution is 7.60. The molecule has 6 heteroatoms. The Morgan fingerprint density at radius 3 is 1.46 bits per heavy atom. The fraction of sp³-hybridized carbons (Fsp3) is 0.857. The third-order valence-electron chi connectivity index (χ3n) is 16.7. The highest BCUT2D eigenvalue weighted by Crippen LogP contribution is 2.80. The minimum Gasteiger partial charge on any atom is -0.343 e. The van der Waals surface area contributed by atoms with Gasteiger partial charge in [-0.2, -0.15) is 0 Å². The lowest BCUT2D eigenvalue weighted by Gasteiger charge is -2.75. The van der Waals surface area contributed by atoms with E-state index in [1.54, 1.807) is 93.4 Å². The molecule has 0 spiro atoms. The lowest BCUT2D eigenvalue weighted by molar-refractivity contribution is -0.531. The Hall–Kier alpha value is 0.177. The molecule has 8 saturated carbocycles. The van der Waals surface area contributed by atoms with Gasteiger partial charge in [0.25, 0.3) is 0 Å². The first-order valence-corrected chi connectivity index (χ1v) is 26.1. The Balaban J connectivity index is 1.18. The van der Waals surface area contributed by atoms with Crippen molar-refractivity contribution in [3.8, 4) is 0 Å². The third-order valence-corrected chi connectivity index (χ3v) is 23.4. The zero-order chi connectivity index (χ0) is 33.3. The summed E-state index contributed by atoms with van der Waals surface area (Å²) in [5.74, 6) is 4.92. The Morgan fingerprint density at radius 1 is 0.667 bits per heavy atom. The van der Waals surface area contributed by atoms with Crippen molar-refractivity contribution < 1.29 is 14.2 Å². The second-order valence-electron chi connectivity index (χ2n) is 21.5. The highest BCUT2D eigenvalue weighted by Gasteiger charge is 2.78. The van der Waals surface area contributed by atoms with E-state index in [4.69, 9.17) is 14.2 Å². The lowest BCUT2D eigenvalue weighted by Crippen LogP contribution is -2.84. The van der Waals surface area contributed by atoms with E-state index >= 15 is 0 Å². The van der Waals surface area contributed by atoms with Crippen LogP contribution in [0, 0.1) is 35.5 Å². The van der Waals surface area contributed by atoms with Crippen LogP contribution in [0.15, 0.2) is 18.2 Å². The standard InChI is InChI=1S/C42H64O3P2Si/c1-36-24-38(3)44-37(2,25-39(4,43-36)45-38)42(36,26-46)34-9-8-10-35(48(5,6)7)33(34)23-47(40-17-27-11-28(18-40)13-29(12-27)19-40)41-20-30-14-31(21-41)16-32(15-30)22-41/h8-10,27-32H,11-26,46H2,1-7H3. The van der Waals surface area contributed by atoms with Crippen molar-refractivity contribution in [2.75, 3.05) is 6.16 Å². The van der Waals surface area contributed by atoms with E-state index in [9.17, 15) is 0 Å². The number of hydrogen-bond acceptors (Lipinski definition) is 3. The van der Waals surface area contributed by atoms with Gasteiger partial charge in [0.1, 0.15) is 0 Å². The molecule has 0 amide bonds. The summed E-state index contributed by atoms with van der Waals surface area (Å²) in [6.45, 7) is 17.2. The molecule has 8 aliphatic carbocycles. The van der Waals surface area contributed by atoms with Gasteiger partial charge in [0.15, 0.2) is 11.6 Å². The summed E-state index contributed by atoms with van der Waals surface area (Å²) in [6.07, 6.45) is 22.7. The van der Waals surface area contributed by atoms with E-state index < -0.39 is 19.6 Å². The minimum atomic E-state index is -1.68. The predicted molar refractivity (Wildman–Crippen MR) is 204 cm³/mol. The van der Waals surface area contributed by atoms with Gasteiger partial charge in [0.2, 0.25) is 0 Å². The maximum atomic E-state index is 7.28. The molecule has 12 bridgehead atoms. The molecule has 4 saturated heterocycles. The Kier molecular flexibility index (Phi) is 6.85. The van der Waals surface area contributed by atoms with Gasteiger partial charge >= 0.3 is 0 Å². The van der Waals surface area contributed by atoms with Crippen LogP contribution in [0.1, 0.15) is 129 Å². The molecule has 3 nitrogen and oxygen atoms in total. The molecule has 5 atom stereocenters. The van der Waals surface area contributed by atoms with Crippen LogP contribution in [0.3, 0.4) is 0 Å². The van der Waals surface area contributed by atoms with Gasteiger partial charge in [-0.1, -0.05) is 50.9 Å². The van der Waals surface area contributed by atoms with Crippen molar-refractivity contribution in [2.45, 2.75) is 182 Å². The molecular formula is C42H64O3P2Si. The molecule has 0 aromatic heterocycles. The second kappa shape index (κ2) is 10.0. The van der Waals surface area contributed by atoms with E-state index in [0.29, 0.717) is 10.3 Å². The SMILES string of the molecule is CC12CC3(C)OC(C)(CC(C)(O1)C3(CP)c1cccc([Si](C)(C)C)c1CP(C13CC4CC(CC(C4)C1)C3)C13CC4CC(CC(C4)C1)C3)O2. The van der Waals surface area contributed by atoms with Crippen LogP contribution in [0.4, 0.5) is 0 Å². The van der Waals surface area contributed by atoms with Gasteiger partial charge in [-0.15, -0.1) is 9.24 Å². The van der Waals surface area contributed by atoms with Crippen molar-refractivity contribution >= 4 is 30.4 Å². The molecule has 4 heterocycles. The van der Waals surface area contributed by atoms with E-state index in [-0.39, 0.29) is 24.5 Å². The number of benzene rings is 1.